The van der Waals surface area contributed by atoms with Crippen molar-refractivity contribution in [1.82, 2.24) is 4.90 Å². The zero-order valence-corrected chi connectivity index (χ0v) is 14.8. The summed E-state index contributed by atoms with van der Waals surface area (Å²) in [5.41, 5.74) is 8.99. The first-order chi connectivity index (χ1) is 11.6. The van der Waals surface area contributed by atoms with Crippen molar-refractivity contribution >= 4 is 5.91 Å². The Labute approximate surface area is 145 Å². The molecule has 2 bridgehead atoms. The third kappa shape index (κ3) is 2.88. The van der Waals surface area contributed by atoms with Crippen LogP contribution in [0.2, 0.25) is 0 Å². The number of likely N-dealkylation sites (tertiary alicyclic amines) is 1. The Balaban J connectivity index is 1.50. The minimum atomic E-state index is 0.214. The van der Waals surface area contributed by atoms with Gasteiger partial charge in [0.05, 0.1) is 6.04 Å². The maximum Gasteiger partial charge on any atom is 0.226 e. The van der Waals surface area contributed by atoms with Gasteiger partial charge in [0.2, 0.25) is 5.91 Å². The summed E-state index contributed by atoms with van der Waals surface area (Å²) in [7, 11) is 0. The van der Waals surface area contributed by atoms with Crippen LogP contribution >= 0.6 is 0 Å². The summed E-state index contributed by atoms with van der Waals surface area (Å²) >= 11 is 0. The monoisotopic (exact) mass is 326 g/mol. The molecule has 1 aliphatic heterocycles. The van der Waals surface area contributed by atoms with Crippen LogP contribution in [0.4, 0.5) is 0 Å². The van der Waals surface area contributed by atoms with Crippen molar-refractivity contribution in [3.63, 3.8) is 0 Å². The van der Waals surface area contributed by atoms with Gasteiger partial charge in [-0.2, -0.15) is 0 Å². The van der Waals surface area contributed by atoms with Crippen molar-refractivity contribution in [3.8, 4) is 0 Å². The molecule has 3 fully saturated rings. The number of nitrogens with two attached hydrogens (primary N) is 1. The van der Waals surface area contributed by atoms with Crippen LogP contribution in [0.5, 0.6) is 0 Å². The summed E-state index contributed by atoms with van der Waals surface area (Å²) in [6.45, 7) is 3.04. The predicted octanol–water partition coefficient (Wildman–Crippen LogP) is 3.81. The SMILES string of the molecule is Cc1ccc(C2CCCN2C(=O)C2CC3CCCC(C2)C3N)cc1. The minimum Gasteiger partial charge on any atom is -0.335 e. The van der Waals surface area contributed by atoms with E-state index in [2.05, 4.69) is 36.1 Å². The van der Waals surface area contributed by atoms with E-state index in [1.165, 1.54) is 30.4 Å². The maximum absolute atomic E-state index is 13.3. The van der Waals surface area contributed by atoms with Gasteiger partial charge in [-0.1, -0.05) is 36.2 Å². The van der Waals surface area contributed by atoms with Gasteiger partial charge in [-0.3, -0.25) is 4.79 Å². The number of aryl methyl sites for hydroxylation is 1. The molecule has 24 heavy (non-hydrogen) atoms. The first-order valence-electron chi connectivity index (χ1n) is 9.76. The van der Waals surface area contributed by atoms with Crippen LogP contribution in [0, 0.1) is 24.7 Å². The average Bonchev–Trinajstić information content (AvgIpc) is 3.04. The molecule has 2 saturated carbocycles. The van der Waals surface area contributed by atoms with E-state index < -0.39 is 0 Å². The normalized spacial score (nSPS) is 35.9. The van der Waals surface area contributed by atoms with E-state index in [9.17, 15) is 4.79 Å². The molecular weight excluding hydrogens is 296 g/mol. The first kappa shape index (κ1) is 16.1. The number of hydrogen-bond acceptors (Lipinski definition) is 2. The lowest BCUT2D eigenvalue weighted by atomic mass is 9.65. The zero-order chi connectivity index (χ0) is 16.7. The number of nitrogens with zero attached hydrogens (tertiary/aromatic N) is 1. The Morgan fingerprint density at radius 2 is 1.71 bits per heavy atom. The van der Waals surface area contributed by atoms with Gasteiger partial charge >= 0.3 is 0 Å². The van der Waals surface area contributed by atoms with Gasteiger partial charge in [0.1, 0.15) is 0 Å². The van der Waals surface area contributed by atoms with E-state index in [-0.39, 0.29) is 12.0 Å². The lowest BCUT2D eigenvalue weighted by Gasteiger charge is -2.44. The molecule has 2 aliphatic carbocycles. The molecule has 3 atom stereocenters. The van der Waals surface area contributed by atoms with E-state index >= 15 is 0 Å². The van der Waals surface area contributed by atoms with Crippen LogP contribution in [0.25, 0.3) is 0 Å². The van der Waals surface area contributed by atoms with Gasteiger partial charge in [-0.25, -0.2) is 0 Å². The van der Waals surface area contributed by atoms with Crippen molar-refractivity contribution in [2.24, 2.45) is 23.5 Å². The third-order valence-corrected chi connectivity index (χ3v) is 6.76. The highest BCUT2D eigenvalue weighted by Gasteiger charge is 2.43. The molecule has 1 amide bonds. The number of benzene rings is 1. The average molecular weight is 326 g/mol. The fourth-order valence-electron chi connectivity index (χ4n) is 5.39. The molecule has 4 rings (SSSR count). The van der Waals surface area contributed by atoms with E-state index in [0.29, 0.717) is 23.8 Å². The Morgan fingerprint density at radius 1 is 1.04 bits per heavy atom. The van der Waals surface area contributed by atoms with Crippen molar-refractivity contribution in [1.29, 1.82) is 0 Å². The molecule has 0 spiro atoms. The molecule has 3 heteroatoms. The molecule has 1 saturated heterocycles. The van der Waals surface area contributed by atoms with E-state index in [1.54, 1.807) is 0 Å². The van der Waals surface area contributed by atoms with Gasteiger partial charge in [0.15, 0.2) is 0 Å². The molecule has 3 nitrogen and oxygen atoms in total. The summed E-state index contributed by atoms with van der Waals surface area (Å²) < 4.78 is 0. The number of carbonyl (C=O) groups is 1. The number of hydrogen-bond donors (Lipinski definition) is 1. The first-order valence-corrected chi connectivity index (χ1v) is 9.76. The van der Waals surface area contributed by atoms with Crippen LogP contribution in [0.1, 0.15) is 62.1 Å². The van der Waals surface area contributed by atoms with Crippen LogP contribution in [-0.4, -0.2) is 23.4 Å². The molecule has 2 N–H and O–H groups in total. The Hall–Kier alpha value is -1.35. The maximum atomic E-state index is 13.3. The van der Waals surface area contributed by atoms with E-state index in [1.807, 2.05) is 0 Å². The van der Waals surface area contributed by atoms with Crippen molar-refractivity contribution in [2.75, 3.05) is 6.54 Å². The van der Waals surface area contributed by atoms with Gasteiger partial charge in [-0.15, -0.1) is 0 Å². The fourth-order valence-corrected chi connectivity index (χ4v) is 5.39. The Kier molecular flexibility index (Phi) is 4.38. The molecule has 1 heterocycles. The molecule has 0 radical (unpaired) electrons. The highest BCUT2D eigenvalue weighted by molar-refractivity contribution is 5.80. The summed E-state index contributed by atoms with van der Waals surface area (Å²) in [6.07, 6.45) is 8.03. The summed E-state index contributed by atoms with van der Waals surface area (Å²) in [5, 5.41) is 0. The lowest BCUT2D eigenvalue weighted by Crippen LogP contribution is -2.49. The molecular formula is C21H30N2O. The predicted molar refractivity (Wildman–Crippen MR) is 96.4 cm³/mol. The second kappa shape index (κ2) is 6.51. The number of rotatable bonds is 2. The highest BCUT2D eigenvalue weighted by Crippen LogP contribution is 2.44. The molecule has 1 aromatic carbocycles. The topological polar surface area (TPSA) is 46.3 Å². The second-order valence-corrected chi connectivity index (χ2v) is 8.30. The quantitative estimate of drug-likeness (QED) is 0.898. The molecule has 3 aliphatic rings. The molecule has 1 aromatic rings. The summed E-state index contributed by atoms with van der Waals surface area (Å²) in [5.74, 6) is 1.77. The van der Waals surface area contributed by atoms with Crippen LogP contribution in [0.15, 0.2) is 24.3 Å². The Bertz CT molecular complexity index is 582. The largest absolute Gasteiger partial charge is 0.335 e. The molecule has 130 valence electrons. The molecule has 3 unspecified atom stereocenters. The highest BCUT2D eigenvalue weighted by atomic mass is 16.2. The van der Waals surface area contributed by atoms with Crippen LogP contribution in [-0.2, 0) is 4.79 Å². The number of amides is 1. The summed E-state index contributed by atoms with van der Waals surface area (Å²) in [6, 6.07) is 9.37. The van der Waals surface area contributed by atoms with Crippen molar-refractivity contribution < 1.29 is 4.79 Å². The van der Waals surface area contributed by atoms with Gasteiger partial charge in [0.25, 0.3) is 0 Å². The molecule has 0 aromatic heterocycles. The number of carbonyl (C=O) groups excluding carboxylic acids is 1. The second-order valence-electron chi connectivity index (χ2n) is 8.30. The van der Waals surface area contributed by atoms with Crippen LogP contribution in [0.3, 0.4) is 0 Å². The summed E-state index contributed by atoms with van der Waals surface area (Å²) in [4.78, 5) is 15.5. The minimum absolute atomic E-state index is 0.214. The smallest absolute Gasteiger partial charge is 0.226 e. The lowest BCUT2D eigenvalue weighted by molar-refractivity contribution is -0.139. The van der Waals surface area contributed by atoms with E-state index in [0.717, 1.165) is 32.2 Å². The fraction of sp³-hybridized carbons (Fsp3) is 0.667. The zero-order valence-electron chi connectivity index (χ0n) is 14.8. The van der Waals surface area contributed by atoms with Gasteiger partial charge in [0, 0.05) is 18.5 Å². The van der Waals surface area contributed by atoms with Gasteiger partial charge < -0.3 is 10.6 Å². The van der Waals surface area contributed by atoms with Crippen molar-refractivity contribution in [3.05, 3.63) is 35.4 Å². The number of fused-ring (bicyclic) bond motifs is 2. The van der Waals surface area contributed by atoms with Crippen LogP contribution < -0.4 is 5.73 Å². The van der Waals surface area contributed by atoms with Crippen molar-refractivity contribution in [2.45, 2.75) is 64.0 Å². The van der Waals surface area contributed by atoms with E-state index in [4.69, 9.17) is 5.73 Å². The third-order valence-electron chi connectivity index (χ3n) is 6.76. The van der Waals surface area contributed by atoms with Gasteiger partial charge in [-0.05, 0) is 62.8 Å². The standard InChI is InChI=1S/C21H30N2O/c1-14-7-9-15(10-8-14)19-6-3-11-23(19)21(24)18-12-16-4-2-5-17(13-18)20(16)22/h7-10,16-20H,2-6,11-13,22H2,1H3. The Morgan fingerprint density at radius 3 is 2.38 bits per heavy atom.